The summed E-state index contributed by atoms with van der Waals surface area (Å²) in [6.07, 6.45) is 5.42. The number of nitrogens with zero attached hydrogens (tertiary/aromatic N) is 2. The van der Waals surface area contributed by atoms with E-state index in [2.05, 4.69) is 5.10 Å². The summed E-state index contributed by atoms with van der Waals surface area (Å²) in [4.78, 5) is 12.1. The van der Waals surface area contributed by atoms with Gasteiger partial charge in [0.25, 0.3) is 0 Å². The molecule has 1 heterocycles. The van der Waals surface area contributed by atoms with Gasteiger partial charge >= 0.3 is 5.97 Å². The zero-order chi connectivity index (χ0) is 16.4. The van der Waals surface area contributed by atoms with Gasteiger partial charge in [0.2, 0.25) is 0 Å². The fourth-order valence-electron chi connectivity index (χ4n) is 3.26. The smallest absolute Gasteiger partial charge is 0.358 e. The first-order valence-electron chi connectivity index (χ1n) is 7.84. The van der Waals surface area contributed by atoms with Crippen LogP contribution in [0.5, 0.6) is 0 Å². The lowest BCUT2D eigenvalue weighted by molar-refractivity contribution is 0.0591. The van der Waals surface area contributed by atoms with Crippen molar-refractivity contribution in [1.29, 1.82) is 0 Å². The third kappa shape index (κ3) is 2.93. The highest BCUT2D eigenvalue weighted by Gasteiger charge is 2.29. The maximum Gasteiger partial charge on any atom is 0.358 e. The Kier molecular flexibility index (Phi) is 4.32. The molecule has 1 aromatic carbocycles. The number of ether oxygens (including phenoxy) is 1. The van der Waals surface area contributed by atoms with Gasteiger partial charge in [0, 0.05) is 5.56 Å². The van der Waals surface area contributed by atoms with Gasteiger partial charge in [0.05, 0.1) is 12.8 Å². The first-order valence-corrected chi connectivity index (χ1v) is 7.84. The highest BCUT2D eigenvalue weighted by Crippen LogP contribution is 2.38. The summed E-state index contributed by atoms with van der Waals surface area (Å²) in [5.74, 6) is -0.172. The zero-order valence-corrected chi connectivity index (χ0v) is 13.1. The minimum Gasteiger partial charge on any atom is -0.464 e. The van der Waals surface area contributed by atoms with Gasteiger partial charge in [0.15, 0.2) is 5.69 Å². The highest BCUT2D eigenvalue weighted by molar-refractivity contribution is 5.91. The molecule has 1 aromatic heterocycles. The number of hydrogen-bond acceptors (Lipinski definition) is 4. The van der Waals surface area contributed by atoms with Crippen molar-refractivity contribution < 1.29 is 13.9 Å². The van der Waals surface area contributed by atoms with Gasteiger partial charge in [-0.25, -0.2) is 13.9 Å². The van der Waals surface area contributed by atoms with E-state index in [1.165, 1.54) is 30.3 Å². The van der Waals surface area contributed by atoms with E-state index in [9.17, 15) is 9.18 Å². The maximum atomic E-state index is 13.1. The Labute approximate surface area is 134 Å². The molecule has 0 spiro atoms. The molecule has 0 saturated heterocycles. The normalized spacial score (nSPS) is 15.6. The van der Waals surface area contributed by atoms with E-state index in [1.54, 1.807) is 12.1 Å². The van der Waals surface area contributed by atoms with Crippen LogP contribution in [0.1, 0.15) is 54.1 Å². The van der Waals surface area contributed by atoms with E-state index in [0.29, 0.717) is 11.5 Å². The molecule has 2 N–H and O–H groups in total. The first kappa shape index (κ1) is 15.5. The van der Waals surface area contributed by atoms with Crippen molar-refractivity contribution in [2.75, 3.05) is 12.8 Å². The Morgan fingerprint density at radius 1 is 1.26 bits per heavy atom. The van der Waals surface area contributed by atoms with Crippen LogP contribution >= 0.6 is 0 Å². The van der Waals surface area contributed by atoms with Crippen LogP contribution < -0.4 is 5.73 Å². The van der Waals surface area contributed by atoms with Crippen molar-refractivity contribution in [2.24, 2.45) is 0 Å². The highest BCUT2D eigenvalue weighted by atomic mass is 19.1. The van der Waals surface area contributed by atoms with Gasteiger partial charge in [0.1, 0.15) is 11.6 Å². The lowest BCUT2D eigenvalue weighted by Gasteiger charge is -2.22. The molecule has 0 amide bonds. The summed E-state index contributed by atoms with van der Waals surface area (Å²) in [5, 5.41) is 4.35. The number of anilines is 1. The van der Waals surface area contributed by atoms with Gasteiger partial charge in [-0.3, -0.25) is 0 Å². The lowest BCUT2D eigenvalue weighted by Crippen LogP contribution is -2.12. The summed E-state index contributed by atoms with van der Waals surface area (Å²) >= 11 is 0. The van der Waals surface area contributed by atoms with Gasteiger partial charge in [-0.2, -0.15) is 5.10 Å². The number of rotatable bonds is 3. The molecule has 1 aliphatic carbocycles. The van der Waals surface area contributed by atoms with Crippen molar-refractivity contribution in [3.63, 3.8) is 0 Å². The number of carbonyl (C=O) groups excluding carboxylic acids is 1. The number of esters is 1. The van der Waals surface area contributed by atoms with Crippen LogP contribution in [0.25, 0.3) is 5.69 Å². The van der Waals surface area contributed by atoms with Crippen LogP contribution in [0.4, 0.5) is 10.2 Å². The summed E-state index contributed by atoms with van der Waals surface area (Å²) in [6, 6.07) is 5.86. The summed E-state index contributed by atoms with van der Waals surface area (Å²) in [5.41, 5.74) is 7.95. The van der Waals surface area contributed by atoms with E-state index in [-0.39, 0.29) is 17.4 Å². The predicted molar refractivity (Wildman–Crippen MR) is 85.1 cm³/mol. The Morgan fingerprint density at radius 3 is 2.52 bits per heavy atom. The van der Waals surface area contributed by atoms with Crippen molar-refractivity contribution >= 4 is 11.8 Å². The molecule has 3 rings (SSSR count). The molecule has 1 saturated carbocycles. The molecule has 5 nitrogen and oxygen atoms in total. The molecule has 0 radical (unpaired) electrons. The average molecular weight is 317 g/mol. The number of methoxy groups -OCH3 is 1. The van der Waals surface area contributed by atoms with Crippen LogP contribution in [-0.4, -0.2) is 22.9 Å². The molecule has 2 aromatic rings. The van der Waals surface area contributed by atoms with Crippen LogP contribution in [0, 0.1) is 5.82 Å². The fourth-order valence-corrected chi connectivity index (χ4v) is 3.26. The minimum absolute atomic E-state index is 0.215. The largest absolute Gasteiger partial charge is 0.464 e. The molecule has 122 valence electrons. The average Bonchev–Trinajstić information content (AvgIpc) is 2.93. The first-order chi connectivity index (χ1) is 11.1. The molecule has 6 heteroatoms. The number of carbonyl (C=O) groups is 1. The molecular weight excluding hydrogens is 297 g/mol. The van der Waals surface area contributed by atoms with Crippen LogP contribution in [-0.2, 0) is 4.74 Å². The minimum atomic E-state index is -0.488. The van der Waals surface area contributed by atoms with Crippen LogP contribution in [0.15, 0.2) is 24.3 Å². The third-order valence-electron chi connectivity index (χ3n) is 4.42. The lowest BCUT2D eigenvalue weighted by atomic mass is 9.83. The van der Waals surface area contributed by atoms with E-state index in [1.807, 2.05) is 0 Å². The Bertz CT molecular complexity index is 703. The Balaban J connectivity index is 2.09. The molecule has 0 bridgehead atoms. The van der Waals surface area contributed by atoms with E-state index in [0.717, 1.165) is 31.2 Å². The second-order valence-electron chi connectivity index (χ2n) is 5.86. The van der Waals surface area contributed by atoms with Gasteiger partial charge in [-0.1, -0.05) is 19.3 Å². The molecule has 0 aliphatic heterocycles. The summed E-state index contributed by atoms with van der Waals surface area (Å²) in [6.45, 7) is 0. The number of benzene rings is 1. The van der Waals surface area contributed by atoms with Crippen molar-refractivity contribution in [2.45, 2.75) is 38.0 Å². The topological polar surface area (TPSA) is 70.1 Å². The monoisotopic (exact) mass is 317 g/mol. The molecular formula is C17H20FN3O2. The van der Waals surface area contributed by atoms with E-state index < -0.39 is 5.97 Å². The molecule has 1 fully saturated rings. The van der Waals surface area contributed by atoms with E-state index >= 15 is 0 Å². The van der Waals surface area contributed by atoms with Gasteiger partial charge in [-0.05, 0) is 43.0 Å². The Morgan fingerprint density at radius 2 is 1.91 bits per heavy atom. The Hall–Kier alpha value is -2.37. The standard InChI is InChI=1S/C17H20FN3O2/c1-23-17(22)15-14(11-5-3-2-4-6-11)16(19)21(20-15)13-9-7-12(18)8-10-13/h7-11H,2-6,19H2,1H3. The molecule has 1 aliphatic rings. The molecule has 0 atom stereocenters. The maximum absolute atomic E-state index is 13.1. The third-order valence-corrected chi connectivity index (χ3v) is 4.42. The number of nitrogens with two attached hydrogens (primary N) is 1. The second kappa shape index (κ2) is 6.40. The summed E-state index contributed by atoms with van der Waals surface area (Å²) in [7, 11) is 1.33. The molecule has 0 unspecified atom stereocenters. The van der Waals surface area contributed by atoms with Crippen LogP contribution in [0.3, 0.4) is 0 Å². The van der Waals surface area contributed by atoms with Crippen molar-refractivity contribution in [3.8, 4) is 5.69 Å². The van der Waals surface area contributed by atoms with E-state index in [4.69, 9.17) is 10.5 Å². The van der Waals surface area contributed by atoms with Gasteiger partial charge in [-0.15, -0.1) is 0 Å². The summed E-state index contributed by atoms with van der Waals surface area (Å²) < 4.78 is 19.5. The van der Waals surface area contributed by atoms with Crippen molar-refractivity contribution in [3.05, 3.63) is 41.3 Å². The predicted octanol–water partition coefficient (Wildman–Crippen LogP) is 3.43. The number of halogens is 1. The van der Waals surface area contributed by atoms with Gasteiger partial charge < -0.3 is 10.5 Å². The van der Waals surface area contributed by atoms with Crippen LogP contribution in [0.2, 0.25) is 0 Å². The van der Waals surface area contributed by atoms with Crippen molar-refractivity contribution in [1.82, 2.24) is 9.78 Å². The number of nitrogen functional groups attached to an aromatic ring is 1. The number of hydrogen-bond donors (Lipinski definition) is 1. The SMILES string of the molecule is COC(=O)c1nn(-c2ccc(F)cc2)c(N)c1C1CCCCC1. The molecule has 23 heavy (non-hydrogen) atoms. The quantitative estimate of drug-likeness (QED) is 0.881. The fraction of sp³-hybridized carbons (Fsp3) is 0.412. The zero-order valence-electron chi connectivity index (χ0n) is 13.1. The second-order valence-corrected chi connectivity index (χ2v) is 5.86. The number of aromatic nitrogens is 2.